The Kier molecular flexibility index (Phi) is 3.91. The zero-order valence-corrected chi connectivity index (χ0v) is 11.7. The maximum absolute atomic E-state index is 11.2. The molecule has 1 aromatic carbocycles. The average Bonchev–Trinajstić information content (AvgIpc) is 3.03. The van der Waals surface area contributed by atoms with Crippen LogP contribution in [0.1, 0.15) is 24.2 Å². The summed E-state index contributed by atoms with van der Waals surface area (Å²) in [5.74, 6) is 0.415. The first-order valence-electron chi connectivity index (χ1n) is 6.96. The van der Waals surface area contributed by atoms with Crippen LogP contribution in [-0.2, 0) is 0 Å². The van der Waals surface area contributed by atoms with E-state index in [9.17, 15) is 4.79 Å². The van der Waals surface area contributed by atoms with Crippen LogP contribution in [0.15, 0.2) is 52.9 Å². The minimum Gasteiger partial charge on any atom is -0.443 e. The van der Waals surface area contributed by atoms with Crippen LogP contribution in [0.5, 0.6) is 0 Å². The maximum atomic E-state index is 11.2. The number of nitrogens with zero attached hydrogens (tertiary/aromatic N) is 2. The zero-order valence-electron chi connectivity index (χ0n) is 11.7. The summed E-state index contributed by atoms with van der Waals surface area (Å²) in [5.41, 5.74) is 3.46. The van der Waals surface area contributed by atoms with E-state index in [0.29, 0.717) is 13.1 Å². The molecule has 1 aliphatic heterocycles. The zero-order chi connectivity index (χ0) is 14.7. The number of hydrogen-bond acceptors (Lipinski definition) is 3. The molecular formula is C16H15BN2O2. The van der Waals surface area contributed by atoms with Crippen LogP contribution in [0.4, 0.5) is 4.79 Å². The van der Waals surface area contributed by atoms with Gasteiger partial charge >= 0.3 is 0 Å². The monoisotopic (exact) mass is 278 g/mol. The van der Waals surface area contributed by atoms with Crippen molar-refractivity contribution >= 4 is 19.2 Å². The summed E-state index contributed by atoms with van der Waals surface area (Å²) in [6.45, 7) is 1.30. The highest BCUT2D eigenvalue weighted by Crippen LogP contribution is 2.32. The molecule has 0 saturated carbocycles. The summed E-state index contributed by atoms with van der Waals surface area (Å²) in [6, 6.07) is 10.1. The Labute approximate surface area is 124 Å². The largest absolute Gasteiger partial charge is 0.443 e. The summed E-state index contributed by atoms with van der Waals surface area (Å²) in [6.07, 6.45) is 4.77. The molecular weight excluding hydrogens is 263 g/mol. The SMILES string of the molecule is [B]C(=O)N1CCC(=C(c2ccccc2)c2cnco2)CC1. The van der Waals surface area contributed by atoms with Gasteiger partial charge in [-0.15, -0.1) is 0 Å². The molecule has 2 heterocycles. The third-order valence-corrected chi connectivity index (χ3v) is 3.77. The van der Waals surface area contributed by atoms with Gasteiger partial charge in [0.05, 0.1) is 6.20 Å². The molecule has 0 aliphatic carbocycles. The second kappa shape index (κ2) is 6.00. The molecule has 1 fully saturated rings. The van der Waals surface area contributed by atoms with E-state index >= 15 is 0 Å². The van der Waals surface area contributed by atoms with Gasteiger partial charge in [0.2, 0.25) is 7.85 Å². The van der Waals surface area contributed by atoms with Gasteiger partial charge in [-0.1, -0.05) is 35.9 Å². The van der Waals surface area contributed by atoms with Crippen LogP contribution in [0, 0.1) is 0 Å². The summed E-state index contributed by atoms with van der Waals surface area (Å²) in [5, 5.41) is 0. The third kappa shape index (κ3) is 2.91. The molecule has 3 rings (SSSR count). The van der Waals surface area contributed by atoms with Crippen molar-refractivity contribution < 1.29 is 9.21 Å². The van der Waals surface area contributed by atoms with E-state index in [1.165, 1.54) is 12.0 Å². The van der Waals surface area contributed by atoms with Crippen LogP contribution < -0.4 is 0 Å². The number of benzene rings is 1. The van der Waals surface area contributed by atoms with Crippen molar-refractivity contribution in [2.75, 3.05) is 13.1 Å². The van der Waals surface area contributed by atoms with Gasteiger partial charge in [-0.2, -0.15) is 0 Å². The molecule has 104 valence electrons. The van der Waals surface area contributed by atoms with E-state index in [4.69, 9.17) is 12.3 Å². The van der Waals surface area contributed by atoms with Gasteiger partial charge in [-0.3, -0.25) is 4.79 Å². The minimum atomic E-state index is -0.352. The van der Waals surface area contributed by atoms with Crippen LogP contribution in [0.2, 0.25) is 0 Å². The number of likely N-dealkylation sites (tertiary alicyclic amines) is 1. The molecule has 2 aromatic rings. The molecule has 4 nitrogen and oxygen atoms in total. The summed E-state index contributed by atoms with van der Waals surface area (Å²) >= 11 is 0. The lowest BCUT2D eigenvalue weighted by Crippen LogP contribution is -2.35. The van der Waals surface area contributed by atoms with Gasteiger partial charge < -0.3 is 9.32 Å². The first kappa shape index (κ1) is 13.7. The first-order chi connectivity index (χ1) is 10.3. The molecule has 0 bridgehead atoms. The maximum Gasteiger partial charge on any atom is 0.200 e. The molecule has 1 aromatic heterocycles. The van der Waals surface area contributed by atoms with E-state index in [-0.39, 0.29) is 5.81 Å². The molecule has 0 spiro atoms. The second-order valence-corrected chi connectivity index (χ2v) is 5.04. The number of carbonyl (C=O) groups excluding carboxylic acids is 1. The van der Waals surface area contributed by atoms with Crippen molar-refractivity contribution in [3.05, 3.63) is 59.8 Å². The third-order valence-electron chi connectivity index (χ3n) is 3.77. The van der Waals surface area contributed by atoms with Crippen molar-refractivity contribution in [3.8, 4) is 0 Å². The van der Waals surface area contributed by atoms with E-state index < -0.39 is 0 Å². The van der Waals surface area contributed by atoms with Gasteiger partial charge in [0.1, 0.15) is 0 Å². The number of carbonyl (C=O) groups is 1. The second-order valence-electron chi connectivity index (χ2n) is 5.04. The van der Waals surface area contributed by atoms with Gasteiger partial charge in [0, 0.05) is 18.7 Å². The Morgan fingerprint density at radius 2 is 1.90 bits per heavy atom. The molecule has 5 heteroatoms. The van der Waals surface area contributed by atoms with Crippen molar-refractivity contribution in [3.63, 3.8) is 0 Å². The summed E-state index contributed by atoms with van der Waals surface area (Å²) in [4.78, 5) is 16.9. The van der Waals surface area contributed by atoms with Crippen molar-refractivity contribution in [2.24, 2.45) is 0 Å². The molecule has 0 unspecified atom stereocenters. The molecule has 1 amide bonds. The molecule has 1 aliphatic rings. The first-order valence-corrected chi connectivity index (χ1v) is 6.96. The predicted molar refractivity (Wildman–Crippen MR) is 80.9 cm³/mol. The quantitative estimate of drug-likeness (QED) is 0.793. The lowest BCUT2D eigenvalue weighted by Gasteiger charge is -2.29. The summed E-state index contributed by atoms with van der Waals surface area (Å²) in [7, 11) is 5.34. The van der Waals surface area contributed by atoms with Gasteiger partial charge in [-0.25, -0.2) is 4.98 Å². The Morgan fingerprint density at radius 1 is 1.19 bits per heavy atom. The molecule has 2 radical (unpaired) electrons. The lowest BCUT2D eigenvalue weighted by molar-refractivity contribution is 0.217. The molecule has 21 heavy (non-hydrogen) atoms. The Hall–Kier alpha value is -2.30. The standard InChI is InChI=1S/C16H15BN2O2/c17-16(20)19-8-6-13(7-9-19)15(14-10-18-11-21-14)12-4-2-1-3-5-12/h1-5,10-11H,6-9H2. The Balaban J connectivity index is 1.97. The molecule has 0 atom stereocenters. The Morgan fingerprint density at radius 3 is 2.48 bits per heavy atom. The average molecular weight is 278 g/mol. The number of aromatic nitrogens is 1. The number of amides is 1. The molecule has 0 N–H and O–H groups in total. The van der Waals surface area contributed by atoms with Gasteiger partial charge in [-0.05, 0) is 18.4 Å². The van der Waals surface area contributed by atoms with Gasteiger partial charge in [0.25, 0.3) is 0 Å². The van der Waals surface area contributed by atoms with E-state index in [0.717, 1.165) is 29.7 Å². The van der Waals surface area contributed by atoms with Crippen LogP contribution in [-0.4, -0.2) is 36.6 Å². The van der Waals surface area contributed by atoms with Crippen LogP contribution in [0.25, 0.3) is 5.57 Å². The van der Waals surface area contributed by atoms with Crippen LogP contribution >= 0.6 is 0 Å². The number of oxazole rings is 1. The van der Waals surface area contributed by atoms with E-state index in [2.05, 4.69) is 17.1 Å². The molecule has 1 saturated heterocycles. The van der Waals surface area contributed by atoms with E-state index in [1.807, 2.05) is 18.2 Å². The fourth-order valence-corrected chi connectivity index (χ4v) is 2.71. The smallest absolute Gasteiger partial charge is 0.200 e. The fraction of sp³-hybridized carbons (Fsp3) is 0.250. The van der Waals surface area contributed by atoms with Crippen molar-refractivity contribution in [2.45, 2.75) is 12.8 Å². The number of hydrogen-bond donors (Lipinski definition) is 0. The van der Waals surface area contributed by atoms with Gasteiger partial charge in [0.15, 0.2) is 18.0 Å². The number of rotatable bonds is 2. The highest BCUT2D eigenvalue weighted by Gasteiger charge is 2.21. The summed E-state index contributed by atoms with van der Waals surface area (Å²) < 4.78 is 5.50. The van der Waals surface area contributed by atoms with Crippen molar-refractivity contribution in [1.82, 2.24) is 9.88 Å². The highest BCUT2D eigenvalue weighted by atomic mass is 16.3. The highest BCUT2D eigenvalue weighted by molar-refractivity contribution is 6.56. The van der Waals surface area contributed by atoms with Crippen LogP contribution in [0.3, 0.4) is 0 Å². The minimum absolute atomic E-state index is 0.352. The lowest BCUT2D eigenvalue weighted by atomic mass is 9.91. The van der Waals surface area contributed by atoms with Crippen molar-refractivity contribution in [1.29, 1.82) is 0 Å². The topological polar surface area (TPSA) is 46.3 Å². The normalized spacial score (nSPS) is 15.0. The fourth-order valence-electron chi connectivity index (χ4n) is 2.71. The van der Waals surface area contributed by atoms with E-state index in [1.54, 1.807) is 11.1 Å². The number of piperidine rings is 1. The Bertz CT molecular complexity index is 640. The predicted octanol–water partition coefficient (Wildman–Crippen LogP) is 2.86.